The molecule has 0 fully saturated rings. The molecule has 2 aromatic rings. The van der Waals surface area contributed by atoms with Gasteiger partial charge in [-0.3, -0.25) is 10.1 Å². The van der Waals surface area contributed by atoms with Gasteiger partial charge in [-0.1, -0.05) is 29.8 Å². The number of amides is 1. The molecule has 0 aliphatic rings. The first-order valence-electron chi connectivity index (χ1n) is 6.28. The zero-order valence-electron chi connectivity index (χ0n) is 11.4. The number of hydrogen-bond donors (Lipinski definition) is 2. The highest BCUT2D eigenvalue weighted by atomic mass is 32.1. The maximum absolute atomic E-state index is 12.0. The van der Waals surface area contributed by atoms with E-state index in [9.17, 15) is 4.79 Å². The first-order chi connectivity index (χ1) is 10.1. The predicted octanol–water partition coefficient (Wildman–Crippen LogP) is 2.99. The van der Waals surface area contributed by atoms with Crippen molar-refractivity contribution >= 4 is 28.9 Å². The quantitative estimate of drug-likeness (QED) is 0.836. The summed E-state index contributed by atoms with van der Waals surface area (Å²) >= 11 is 5.09. The number of nitrogens with one attached hydrogen (secondary N) is 2. The molecular formula is C16H13N3OS. The summed E-state index contributed by atoms with van der Waals surface area (Å²) in [5, 5.41) is 14.6. The molecule has 5 heteroatoms. The van der Waals surface area contributed by atoms with E-state index < -0.39 is 0 Å². The van der Waals surface area contributed by atoms with Gasteiger partial charge in [-0.05, 0) is 43.4 Å². The molecule has 104 valence electrons. The van der Waals surface area contributed by atoms with Crippen LogP contribution in [0.15, 0.2) is 48.5 Å². The lowest BCUT2D eigenvalue weighted by Gasteiger charge is -2.10. The lowest BCUT2D eigenvalue weighted by Crippen LogP contribution is -2.34. The number of thiocarbonyl (C=S) groups is 1. The second-order valence-electron chi connectivity index (χ2n) is 4.43. The van der Waals surface area contributed by atoms with Crippen molar-refractivity contribution in [3.63, 3.8) is 0 Å². The van der Waals surface area contributed by atoms with E-state index in [1.807, 2.05) is 19.1 Å². The molecule has 2 rings (SSSR count). The van der Waals surface area contributed by atoms with Crippen LogP contribution in [-0.2, 0) is 0 Å². The zero-order valence-corrected chi connectivity index (χ0v) is 12.2. The summed E-state index contributed by atoms with van der Waals surface area (Å²) in [5.74, 6) is -0.290. The molecule has 21 heavy (non-hydrogen) atoms. The largest absolute Gasteiger partial charge is 0.331 e. The molecule has 4 nitrogen and oxygen atoms in total. The fourth-order valence-electron chi connectivity index (χ4n) is 1.72. The summed E-state index contributed by atoms with van der Waals surface area (Å²) in [6.07, 6.45) is 0. The zero-order chi connectivity index (χ0) is 15.2. The van der Waals surface area contributed by atoms with Crippen molar-refractivity contribution < 1.29 is 4.79 Å². The standard InChI is InChI=1S/C16H13N3OS/c1-11-6-8-12(9-7-11)15(20)19-16(21)18-14-5-3-2-4-13(14)10-17/h2-9H,1H3,(H2,18,19,20,21). The second kappa shape index (κ2) is 6.64. The van der Waals surface area contributed by atoms with Gasteiger partial charge in [-0.25, -0.2) is 0 Å². The highest BCUT2D eigenvalue weighted by Crippen LogP contribution is 2.13. The van der Waals surface area contributed by atoms with Crippen LogP contribution in [0.1, 0.15) is 21.5 Å². The summed E-state index contributed by atoms with van der Waals surface area (Å²) in [4.78, 5) is 12.0. The van der Waals surface area contributed by atoms with E-state index in [4.69, 9.17) is 17.5 Å². The SMILES string of the molecule is Cc1ccc(C(=O)NC(=S)Nc2ccccc2C#N)cc1. The number of anilines is 1. The minimum Gasteiger partial charge on any atom is -0.331 e. The van der Waals surface area contributed by atoms with Gasteiger partial charge in [0.2, 0.25) is 0 Å². The molecule has 0 bridgehead atoms. The number of para-hydroxylation sites is 1. The van der Waals surface area contributed by atoms with E-state index in [-0.39, 0.29) is 11.0 Å². The number of carbonyl (C=O) groups excluding carboxylic acids is 1. The number of benzene rings is 2. The maximum Gasteiger partial charge on any atom is 0.257 e. The maximum atomic E-state index is 12.0. The lowest BCUT2D eigenvalue weighted by atomic mass is 10.1. The van der Waals surface area contributed by atoms with Gasteiger partial charge in [0, 0.05) is 5.56 Å². The molecule has 0 atom stereocenters. The Morgan fingerprint density at radius 2 is 1.81 bits per heavy atom. The van der Waals surface area contributed by atoms with Crippen LogP contribution in [0.25, 0.3) is 0 Å². The number of carbonyl (C=O) groups is 1. The Morgan fingerprint density at radius 1 is 1.14 bits per heavy atom. The van der Waals surface area contributed by atoms with Crippen LogP contribution in [0, 0.1) is 18.3 Å². The van der Waals surface area contributed by atoms with Crippen molar-refractivity contribution in [2.45, 2.75) is 6.92 Å². The third kappa shape index (κ3) is 3.88. The third-order valence-electron chi connectivity index (χ3n) is 2.84. The average Bonchev–Trinajstić information content (AvgIpc) is 2.48. The fraction of sp³-hybridized carbons (Fsp3) is 0.0625. The molecular weight excluding hydrogens is 282 g/mol. The Hall–Kier alpha value is -2.71. The van der Waals surface area contributed by atoms with Crippen molar-refractivity contribution in [1.29, 1.82) is 5.26 Å². The van der Waals surface area contributed by atoms with E-state index >= 15 is 0 Å². The minimum atomic E-state index is -0.290. The Morgan fingerprint density at radius 3 is 2.48 bits per heavy atom. The second-order valence-corrected chi connectivity index (χ2v) is 4.84. The number of hydrogen-bond acceptors (Lipinski definition) is 3. The van der Waals surface area contributed by atoms with Crippen molar-refractivity contribution in [2.24, 2.45) is 0 Å². The smallest absolute Gasteiger partial charge is 0.257 e. The van der Waals surface area contributed by atoms with E-state index in [0.29, 0.717) is 16.8 Å². The Labute approximate surface area is 128 Å². The van der Waals surface area contributed by atoms with Gasteiger partial charge in [0.1, 0.15) is 6.07 Å². The Kier molecular flexibility index (Phi) is 4.64. The van der Waals surface area contributed by atoms with Gasteiger partial charge >= 0.3 is 0 Å². The normalized spacial score (nSPS) is 9.52. The monoisotopic (exact) mass is 295 g/mol. The van der Waals surface area contributed by atoms with Crippen LogP contribution in [0.4, 0.5) is 5.69 Å². The van der Waals surface area contributed by atoms with Crippen molar-refractivity contribution in [3.8, 4) is 6.07 Å². The van der Waals surface area contributed by atoms with Crippen LogP contribution in [0.5, 0.6) is 0 Å². The molecule has 1 amide bonds. The predicted molar refractivity (Wildman–Crippen MR) is 86.0 cm³/mol. The number of rotatable bonds is 2. The van der Waals surface area contributed by atoms with Gasteiger partial charge < -0.3 is 5.32 Å². The van der Waals surface area contributed by atoms with Crippen molar-refractivity contribution in [1.82, 2.24) is 5.32 Å². The minimum absolute atomic E-state index is 0.156. The summed E-state index contributed by atoms with van der Waals surface area (Å²) in [7, 11) is 0. The van der Waals surface area contributed by atoms with Crippen LogP contribution >= 0.6 is 12.2 Å². The van der Waals surface area contributed by atoms with Crippen LogP contribution in [0.2, 0.25) is 0 Å². The average molecular weight is 295 g/mol. The highest BCUT2D eigenvalue weighted by Gasteiger charge is 2.09. The molecule has 0 spiro atoms. The van der Waals surface area contributed by atoms with Crippen molar-refractivity contribution in [2.75, 3.05) is 5.32 Å². The number of nitrogens with zero attached hydrogens (tertiary/aromatic N) is 1. The molecule has 0 saturated carbocycles. The van der Waals surface area contributed by atoms with Gasteiger partial charge in [0.05, 0.1) is 11.3 Å². The van der Waals surface area contributed by atoms with Gasteiger partial charge in [-0.2, -0.15) is 5.26 Å². The van der Waals surface area contributed by atoms with Gasteiger partial charge in [-0.15, -0.1) is 0 Å². The molecule has 0 aromatic heterocycles. The molecule has 0 radical (unpaired) electrons. The van der Waals surface area contributed by atoms with E-state index in [2.05, 4.69) is 16.7 Å². The molecule has 2 N–H and O–H groups in total. The number of nitriles is 1. The topological polar surface area (TPSA) is 64.9 Å². The van der Waals surface area contributed by atoms with Crippen LogP contribution < -0.4 is 10.6 Å². The molecule has 0 heterocycles. The van der Waals surface area contributed by atoms with Crippen LogP contribution in [-0.4, -0.2) is 11.0 Å². The molecule has 2 aromatic carbocycles. The Bertz CT molecular complexity index is 717. The van der Waals surface area contributed by atoms with E-state index in [1.165, 1.54) is 0 Å². The van der Waals surface area contributed by atoms with E-state index in [0.717, 1.165) is 5.56 Å². The molecule has 0 unspecified atom stereocenters. The molecule has 0 saturated heterocycles. The third-order valence-corrected chi connectivity index (χ3v) is 3.04. The van der Waals surface area contributed by atoms with Crippen LogP contribution in [0.3, 0.4) is 0 Å². The van der Waals surface area contributed by atoms with Gasteiger partial charge in [0.25, 0.3) is 5.91 Å². The first-order valence-corrected chi connectivity index (χ1v) is 6.69. The summed E-state index contributed by atoms with van der Waals surface area (Å²) in [5.41, 5.74) is 2.63. The lowest BCUT2D eigenvalue weighted by molar-refractivity contribution is 0.0978. The molecule has 0 aliphatic heterocycles. The highest BCUT2D eigenvalue weighted by molar-refractivity contribution is 7.80. The summed E-state index contributed by atoms with van der Waals surface area (Å²) in [6, 6.07) is 16.2. The van der Waals surface area contributed by atoms with Crippen molar-refractivity contribution in [3.05, 3.63) is 65.2 Å². The summed E-state index contributed by atoms with van der Waals surface area (Å²) in [6.45, 7) is 1.95. The number of aryl methyl sites for hydroxylation is 1. The van der Waals surface area contributed by atoms with Gasteiger partial charge in [0.15, 0.2) is 5.11 Å². The van der Waals surface area contributed by atoms with E-state index in [1.54, 1.807) is 36.4 Å². The summed E-state index contributed by atoms with van der Waals surface area (Å²) < 4.78 is 0. The first kappa shape index (κ1) is 14.7. The molecule has 0 aliphatic carbocycles. The Balaban J connectivity index is 2.03. The fourth-order valence-corrected chi connectivity index (χ4v) is 1.93.